The van der Waals surface area contributed by atoms with E-state index in [1.165, 1.54) is 12.1 Å². The van der Waals surface area contributed by atoms with Crippen molar-refractivity contribution in [1.29, 1.82) is 0 Å². The molecule has 2 aromatic rings. The van der Waals surface area contributed by atoms with Crippen molar-refractivity contribution in [3.05, 3.63) is 40.2 Å². The van der Waals surface area contributed by atoms with Crippen LogP contribution in [0.25, 0.3) is 11.0 Å². The number of rotatable bonds is 9. The Hall–Kier alpha value is -2.83. The van der Waals surface area contributed by atoms with Crippen molar-refractivity contribution in [2.45, 2.75) is 45.6 Å². The van der Waals surface area contributed by atoms with E-state index in [4.69, 9.17) is 9.15 Å². The maximum absolute atomic E-state index is 11.9. The summed E-state index contributed by atoms with van der Waals surface area (Å²) in [5, 5.41) is 14.2. The Morgan fingerprint density at radius 1 is 1.27 bits per heavy atom. The van der Waals surface area contributed by atoms with E-state index in [0.717, 1.165) is 17.4 Å². The summed E-state index contributed by atoms with van der Waals surface area (Å²) in [6.07, 6.45) is 2.49. The van der Waals surface area contributed by atoms with Crippen molar-refractivity contribution in [2.24, 2.45) is 0 Å². The molecule has 7 nitrogen and oxygen atoms in total. The van der Waals surface area contributed by atoms with E-state index in [9.17, 15) is 19.5 Å². The molecule has 26 heavy (non-hydrogen) atoms. The Kier molecular flexibility index (Phi) is 6.77. The van der Waals surface area contributed by atoms with Crippen LogP contribution in [0, 0.1) is 0 Å². The molecule has 140 valence electrons. The average Bonchev–Trinajstić information content (AvgIpc) is 2.62. The van der Waals surface area contributed by atoms with Gasteiger partial charge < -0.3 is 24.4 Å². The van der Waals surface area contributed by atoms with E-state index >= 15 is 0 Å². The highest BCUT2D eigenvalue weighted by molar-refractivity contribution is 5.84. The normalized spacial score (nSPS) is 11.9. The Morgan fingerprint density at radius 2 is 2.04 bits per heavy atom. The predicted molar refractivity (Wildman–Crippen MR) is 93.8 cm³/mol. The van der Waals surface area contributed by atoms with Crippen LogP contribution in [0.15, 0.2) is 33.5 Å². The SMILES string of the molecule is CCCC[C@H](NC(=O)COc1ccc2c(CC)cc(=O)oc2c1)C(=O)[O-]. The molecule has 0 aliphatic carbocycles. The number of fused-ring (bicyclic) bond motifs is 1. The molecule has 0 saturated carbocycles. The first kappa shape index (κ1) is 19.5. The summed E-state index contributed by atoms with van der Waals surface area (Å²) in [7, 11) is 0. The zero-order valence-electron chi connectivity index (χ0n) is 14.9. The van der Waals surface area contributed by atoms with Crippen LogP contribution in [0.4, 0.5) is 0 Å². The molecule has 0 aliphatic heterocycles. The predicted octanol–water partition coefficient (Wildman–Crippen LogP) is 1.16. The van der Waals surface area contributed by atoms with E-state index in [1.54, 1.807) is 12.1 Å². The van der Waals surface area contributed by atoms with Crippen LogP contribution in [-0.4, -0.2) is 24.5 Å². The molecular weight excluding hydrogens is 338 g/mol. The Labute approximate surface area is 151 Å². The third kappa shape index (κ3) is 5.08. The summed E-state index contributed by atoms with van der Waals surface area (Å²) >= 11 is 0. The molecule has 0 aliphatic rings. The smallest absolute Gasteiger partial charge is 0.336 e. The monoisotopic (exact) mass is 360 g/mol. The fraction of sp³-hybridized carbons (Fsp3) is 0.421. The molecule has 0 radical (unpaired) electrons. The quantitative estimate of drug-likeness (QED) is 0.672. The van der Waals surface area contributed by atoms with Crippen LogP contribution in [0.1, 0.15) is 38.7 Å². The fourth-order valence-electron chi connectivity index (χ4n) is 2.63. The lowest BCUT2D eigenvalue weighted by molar-refractivity contribution is -0.308. The van der Waals surface area contributed by atoms with Crippen molar-refractivity contribution in [3.63, 3.8) is 0 Å². The summed E-state index contributed by atoms with van der Waals surface area (Å²) < 4.78 is 10.6. The van der Waals surface area contributed by atoms with Gasteiger partial charge in [0.1, 0.15) is 11.3 Å². The average molecular weight is 360 g/mol. The van der Waals surface area contributed by atoms with Gasteiger partial charge in [0, 0.05) is 17.5 Å². The molecule has 0 bridgehead atoms. The molecule has 1 aromatic heterocycles. The number of aliphatic carboxylic acids is 1. The highest BCUT2D eigenvalue weighted by Gasteiger charge is 2.14. The summed E-state index contributed by atoms with van der Waals surface area (Å²) in [6.45, 7) is 3.52. The molecule has 1 heterocycles. The van der Waals surface area contributed by atoms with E-state index < -0.39 is 23.5 Å². The third-order valence-corrected chi connectivity index (χ3v) is 4.02. The lowest BCUT2D eigenvalue weighted by Gasteiger charge is -2.19. The van der Waals surface area contributed by atoms with Gasteiger partial charge >= 0.3 is 5.63 Å². The summed E-state index contributed by atoms with van der Waals surface area (Å²) in [5.74, 6) is -1.52. The largest absolute Gasteiger partial charge is 0.548 e. The van der Waals surface area contributed by atoms with Gasteiger partial charge in [0.25, 0.3) is 5.91 Å². The second kappa shape index (κ2) is 9.03. The van der Waals surface area contributed by atoms with Gasteiger partial charge in [0.05, 0.1) is 12.0 Å². The standard InChI is InChI=1S/C19H23NO6/c1-3-5-6-15(19(23)24)20-17(21)11-25-13-7-8-14-12(4-2)9-18(22)26-16(14)10-13/h7-10,15H,3-6,11H2,1-2H3,(H,20,21)(H,23,24)/p-1/t15-/m0/s1. The van der Waals surface area contributed by atoms with Gasteiger partial charge in [-0.25, -0.2) is 4.79 Å². The lowest BCUT2D eigenvalue weighted by atomic mass is 10.1. The number of carboxylic acid groups (broad SMARTS) is 1. The summed E-state index contributed by atoms with van der Waals surface area (Å²) in [6, 6.07) is 5.38. The molecule has 0 unspecified atom stereocenters. The molecule has 0 spiro atoms. The zero-order chi connectivity index (χ0) is 19.1. The van der Waals surface area contributed by atoms with Crippen LogP contribution in [0.2, 0.25) is 0 Å². The first-order valence-electron chi connectivity index (χ1n) is 8.64. The lowest BCUT2D eigenvalue weighted by Crippen LogP contribution is -2.49. The second-order valence-corrected chi connectivity index (χ2v) is 5.97. The molecule has 2 rings (SSSR count). The number of nitrogens with one attached hydrogen (secondary N) is 1. The molecule has 1 aromatic carbocycles. The van der Waals surface area contributed by atoms with Crippen molar-refractivity contribution >= 4 is 22.8 Å². The number of carbonyl (C=O) groups is 2. The van der Waals surface area contributed by atoms with Gasteiger partial charge in [0.2, 0.25) is 0 Å². The number of benzene rings is 1. The van der Waals surface area contributed by atoms with Crippen molar-refractivity contribution < 1.29 is 23.8 Å². The van der Waals surface area contributed by atoms with Gasteiger partial charge in [-0.15, -0.1) is 0 Å². The molecule has 0 saturated heterocycles. The van der Waals surface area contributed by atoms with Crippen molar-refractivity contribution in [3.8, 4) is 5.75 Å². The zero-order valence-corrected chi connectivity index (χ0v) is 14.9. The summed E-state index contributed by atoms with van der Waals surface area (Å²) in [4.78, 5) is 34.5. The van der Waals surface area contributed by atoms with Gasteiger partial charge in [-0.1, -0.05) is 26.7 Å². The number of carbonyl (C=O) groups excluding carboxylic acids is 2. The highest BCUT2D eigenvalue weighted by Crippen LogP contribution is 2.23. The number of hydrogen-bond acceptors (Lipinski definition) is 6. The maximum atomic E-state index is 11.9. The van der Waals surface area contributed by atoms with Crippen LogP contribution in [-0.2, 0) is 16.0 Å². The van der Waals surface area contributed by atoms with Gasteiger partial charge in [0.15, 0.2) is 6.61 Å². The Bertz CT molecular complexity index is 842. The van der Waals surface area contributed by atoms with Gasteiger partial charge in [-0.2, -0.15) is 0 Å². The topological polar surface area (TPSA) is 109 Å². The molecular formula is C19H22NO6-. The van der Waals surface area contributed by atoms with Gasteiger partial charge in [-0.05, 0) is 30.5 Å². The van der Waals surface area contributed by atoms with Crippen molar-refractivity contribution in [2.75, 3.05) is 6.61 Å². The second-order valence-electron chi connectivity index (χ2n) is 5.97. The number of hydrogen-bond donors (Lipinski definition) is 1. The molecule has 1 amide bonds. The highest BCUT2D eigenvalue weighted by atomic mass is 16.5. The van der Waals surface area contributed by atoms with Crippen LogP contribution in [0.3, 0.4) is 0 Å². The summed E-state index contributed by atoms with van der Waals surface area (Å²) in [5.41, 5.74) is 0.799. The van der Waals surface area contributed by atoms with E-state index in [1.807, 2.05) is 13.8 Å². The van der Waals surface area contributed by atoms with Crippen molar-refractivity contribution in [1.82, 2.24) is 5.32 Å². The third-order valence-electron chi connectivity index (χ3n) is 4.02. The van der Waals surface area contributed by atoms with E-state index in [0.29, 0.717) is 30.6 Å². The number of aryl methyl sites for hydroxylation is 1. The minimum absolute atomic E-state index is 0.311. The fourth-order valence-corrected chi connectivity index (χ4v) is 2.63. The number of amides is 1. The van der Waals surface area contributed by atoms with E-state index in [2.05, 4.69) is 5.32 Å². The molecule has 1 atom stereocenters. The van der Waals surface area contributed by atoms with Gasteiger partial charge in [-0.3, -0.25) is 4.79 Å². The van der Waals surface area contributed by atoms with Crippen LogP contribution >= 0.6 is 0 Å². The Morgan fingerprint density at radius 3 is 2.69 bits per heavy atom. The first-order chi connectivity index (χ1) is 12.4. The first-order valence-corrected chi connectivity index (χ1v) is 8.64. The Balaban J connectivity index is 2.03. The van der Waals surface area contributed by atoms with E-state index in [-0.39, 0.29) is 6.61 Å². The minimum atomic E-state index is -1.31. The molecule has 7 heteroatoms. The molecule has 0 fully saturated rings. The van der Waals surface area contributed by atoms with Crippen LogP contribution < -0.4 is 20.8 Å². The minimum Gasteiger partial charge on any atom is -0.548 e. The van der Waals surface area contributed by atoms with Crippen LogP contribution in [0.5, 0.6) is 5.75 Å². The number of carboxylic acids is 1. The maximum Gasteiger partial charge on any atom is 0.336 e. The number of ether oxygens (including phenoxy) is 1. The molecule has 1 N–H and O–H groups in total. The number of unbranched alkanes of at least 4 members (excludes halogenated alkanes) is 1.